The van der Waals surface area contributed by atoms with Crippen LogP contribution in [-0.4, -0.2) is 54.4 Å². The lowest BCUT2D eigenvalue weighted by Gasteiger charge is -2.51. The van der Waals surface area contributed by atoms with Crippen LogP contribution in [0, 0.1) is 10.1 Å². The third-order valence-corrected chi connectivity index (χ3v) is 6.90. The highest BCUT2D eigenvalue weighted by Gasteiger charge is 2.70. The maximum Gasteiger partial charge on any atom is 0.327 e. The van der Waals surface area contributed by atoms with Gasteiger partial charge in [0.05, 0.1) is 10.5 Å². The van der Waals surface area contributed by atoms with Gasteiger partial charge in [0.15, 0.2) is 0 Å². The second-order valence-corrected chi connectivity index (χ2v) is 9.25. The van der Waals surface area contributed by atoms with Crippen LogP contribution in [0.25, 0.3) is 0 Å². The second kappa shape index (κ2) is 6.45. The number of amides is 2. The van der Waals surface area contributed by atoms with E-state index in [1.54, 1.807) is 13.8 Å². The molecule has 0 saturated carbocycles. The van der Waals surface area contributed by atoms with Gasteiger partial charge in [0.2, 0.25) is 5.91 Å². The lowest BCUT2D eigenvalue weighted by molar-refractivity contribution is -0.385. The Morgan fingerprint density at radius 1 is 1.36 bits per heavy atom. The van der Waals surface area contributed by atoms with Gasteiger partial charge in [-0.2, -0.15) is 0 Å². The number of carboxylic acids is 1. The third kappa shape index (κ3) is 2.81. The van der Waals surface area contributed by atoms with E-state index in [0.29, 0.717) is 0 Å². The van der Waals surface area contributed by atoms with Gasteiger partial charge in [0, 0.05) is 10.8 Å². The summed E-state index contributed by atoms with van der Waals surface area (Å²) in [6.45, 7) is 4.96. The number of nitrogens with zero attached hydrogens (tertiary/aromatic N) is 2. The molecule has 1 aromatic carbocycles. The smallest absolute Gasteiger partial charge is 0.327 e. The van der Waals surface area contributed by atoms with Crippen molar-refractivity contribution in [2.24, 2.45) is 5.73 Å². The predicted octanol–water partition coefficient (Wildman–Crippen LogP) is 0.616. The van der Waals surface area contributed by atoms with E-state index in [0.717, 1.165) is 0 Å². The number of hydrogen-bond donors (Lipinski definition) is 3. The Hall–Kier alpha value is -2.66. The molecule has 11 heteroatoms. The number of rotatable bonds is 5. The molecule has 3 rings (SSSR count). The van der Waals surface area contributed by atoms with Crippen LogP contribution < -0.4 is 11.1 Å². The van der Waals surface area contributed by atoms with Gasteiger partial charge < -0.3 is 21.1 Å². The lowest BCUT2D eigenvalue weighted by Crippen LogP contribution is -2.78. The van der Waals surface area contributed by atoms with Gasteiger partial charge in [-0.25, -0.2) is 4.79 Å². The van der Waals surface area contributed by atoms with Gasteiger partial charge in [-0.3, -0.25) is 19.7 Å². The number of benzene rings is 1. The number of nitrogens with one attached hydrogen (secondary N) is 1. The summed E-state index contributed by atoms with van der Waals surface area (Å²) in [6, 6.07) is 3.25. The Balaban J connectivity index is 1.83. The zero-order valence-electron chi connectivity index (χ0n) is 15.4. The number of carboxylic acid groups (broad SMARTS) is 1. The fourth-order valence-electron chi connectivity index (χ4n) is 3.73. The predicted molar refractivity (Wildman–Crippen MR) is 100 cm³/mol. The van der Waals surface area contributed by atoms with E-state index < -0.39 is 50.5 Å². The number of β-lactam (4-membered cyclic amide) rings is 1. The minimum Gasteiger partial charge on any atom is -0.480 e. The standard InChI is InChI=1S/C17H20N4O6S/c1-16(2)11(13(23)24)20-14(25)17(3,15(20)28-16)19-12(22)10(18)8-6-4-5-7-9(8)21(26)27/h4-7,10-11,15H,18H2,1-3H3,(H,19,22)(H,23,24)/t10?,11-,15+,17-/m0/s1. The Morgan fingerprint density at radius 2 is 1.96 bits per heavy atom. The molecule has 0 radical (unpaired) electrons. The normalized spacial score (nSPS) is 28.9. The minimum absolute atomic E-state index is 0.0278. The zero-order valence-corrected chi connectivity index (χ0v) is 16.2. The van der Waals surface area contributed by atoms with Crippen LogP contribution in [0.3, 0.4) is 0 Å². The third-order valence-electron chi connectivity index (χ3n) is 5.15. The van der Waals surface area contributed by atoms with Crippen LogP contribution in [0.15, 0.2) is 24.3 Å². The fourth-order valence-corrected chi connectivity index (χ4v) is 5.38. The molecule has 1 aromatic rings. The molecule has 4 N–H and O–H groups in total. The topological polar surface area (TPSA) is 156 Å². The van der Waals surface area contributed by atoms with Crippen molar-refractivity contribution in [1.82, 2.24) is 10.2 Å². The van der Waals surface area contributed by atoms with Crippen molar-refractivity contribution in [2.45, 2.75) is 48.5 Å². The molecule has 2 aliphatic heterocycles. The Morgan fingerprint density at radius 3 is 2.54 bits per heavy atom. The number of nitrogens with two attached hydrogens (primary N) is 1. The van der Waals surface area contributed by atoms with Gasteiger partial charge in [0.25, 0.3) is 11.6 Å². The van der Waals surface area contributed by atoms with Crippen molar-refractivity contribution in [2.75, 3.05) is 0 Å². The number of thioether (sulfide) groups is 1. The number of fused-ring (bicyclic) bond motifs is 1. The van der Waals surface area contributed by atoms with Crippen LogP contribution in [-0.2, 0) is 14.4 Å². The molecule has 0 aromatic heterocycles. The van der Waals surface area contributed by atoms with Crippen LogP contribution in [0.4, 0.5) is 5.69 Å². The molecule has 2 amide bonds. The summed E-state index contributed by atoms with van der Waals surface area (Å²) in [5.74, 6) is -2.38. The maximum atomic E-state index is 12.7. The Labute approximate surface area is 164 Å². The highest BCUT2D eigenvalue weighted by Crippen LogP contribution is 2.54. The molecule has 0 spiro atoms. The first-order chi connectivity index (χ1) is 12.9. The number of hydrogen-bond acceptors (Lipinski definition) is 7. The van der Waals surface area contributed by atoms with Crippen LogP contribution in [0.1, 0.15) is 32.4 Å². The van der Waals surface area contributed by atoms with E-state index in [9.17, 15) is 29.6 Å². The second-order valence-electron chi connectivity index (χ2n) is 7.51. The van der Waals surface area contributed by atoms with E-state index in [1.165, 1.54) is 47.9 Å². The first-order valence-corrected chi connectivity index (χ1v) is 9.34. The highest BCUT2D eigenvalue weighted by molar-refractivity contribution is 8.01. The first kappa shape index (κ1) is 20.1. The van der Waals surface area contributed by atoms with Gasteiger partial charge in [-0.05, 0) is 20.8 Å². The Bertz CT molecular complexity index is 890. The largest absolute Gasteiger partial charge is 0.480 e. The van der Waals surface area contributed by atoms with Gasteiger partial charge in [-0.15, -0.1) is 11.8 Å². The number of para-hydroxylation sites is 1. The molecule has 2 saturated heterocycles. The summed E-state index contributed by atoms with van der Waals surface area (Å²) in [4.78, 5) is 48.8. The molecule has 0 aliphatic carbocycles. The first-order valence-electron chi connectivity index (χ1n) is 8.46. The average molecular weight is 408 g/mol. The molecular weight excluding hydrogens is 388 g/mol. The molecule has 0 bridgehead atoms. The van der Waals surface area contributed by atoms with Gasteiger partial charge in [0.1, 0.15) is 23.0 Å². The van der Waals surface area contributed by atoms with Crippen LogP contribution >= 0.6 is 11.8 Å². The molecule has 4 atom stereocenters. The minimum atomic E-state index is -1.35. The van der Waals surface area contributed by atoms with E-state index in [1.807, 2.05) is 0 Å². The lowest BCUT2D eigenvalue weighted by atomic mass is 9.85. The molecular formula is C17H20N4O6S. The number of nitro groups is 1. The number of aliphatic carboxylic acids is 1. The van der Waals surface area contributed by atoms with Gasteiger partial charge in [-0.1, -0.05) is 18.2 Å². The summed E-state index contributed by atoms with van der Waals surface area (Å²) >= 11 is 1.28. The van der Waals surface area contributed by atoms with Crippen LogP contribution in [0.2, 0.25) is 0 Å². The van der Waals surface area contributed by atoms with Crippen LogP contribution in [0.5, 0.6) is 0 Å². The van der Waals surface area contributed by atoms with E-state index >= 15 is 0 Å². The summed E-state index contributed by atoms with van der Waals surface area (Å²) in [5.41, 5.74) is 4.32. The number of carbonyl (C=O) groups is 3. The molecule has 28 heavy (non-hydrogen) atoms. The maximum absolute atomic E-state index is 12.7. The summed E-state index contributed by atoms with van der Waals surface area (Å²) in [5, 5.41) is 22.7. The van der Waals surface area contributed by atoms with E-state index in [2.05, 4.69) is 5.32 Å². The van der Waals surface area contributed by atoms with Crippen molar-refractivity contribution in [3.05, 3.63) is 39.9 Å². The van der Waals surface area contributed by atoms with Crippen molar-refractivity contribution >= 4 is 35.2 Å². The van der Waals surface area contributed by atoms with Gasteiger partial charge >= 0.3 is 5.97 Å². The van der Waals surface area contributed by atoms with Crippen molar-refractivity contribution in [1.29, 1.82) is 0 Å². The molecule has 2 fully saturated rings. The summed E-state index contributed by atoms with van der Waals surface area (Å²) in [6.07, 6.45) is 0. The molecule has 2 heterocycles. The molecule has 150 valence electrons. The molecule has 2 aliphatic rings. The summed E-state index contributed by atoms with van der Waals surface area (Å²) < 4.78 is -0.741. The Kier molecular flexibility index (Phi) is 4.63. The quantitative estimate of drug-likeness (QED) is 0.364. The van der Waals surface area contributed by atoms with Crippen molar-refractivity contribution in [3.8, 4) is 0 Å². The SMILES string of the molecule is CC1(C)S[C@H]2N(C(=O)[C@]2(C)NC(=O)C(N)c2ccccc2[N+](=O)[O-])[C@H]1C(=O)O. The zero-order chi connectivity index (χ0) is 21.0. The fraction of sp³-hybridized carbons (Fsp3) is 0.471. The van der Waals surface area contributed by atoms with E-state index in [-0.39, 0.29) is 11.3 Å². The summed E-state index contributed by atoms with van der Waals surface area (Å²) in [7, 11) is 0. The van der Waals surface area contributed by atoms with Crippen molar-refractivity contribution in [3.63, 3.8) is 0 Å². The van der Waals surface area contributed by atoms with E-state index in [4.69, 9.17) is 5.73 Å². The number of nitro benzene ring substituents is 1. The average Bonchev–Trinajstić information content (AvgIpc) is 2.90. The monoisotopic (exact) mass is 408 g/mol. The highest BCUT2D eigenvalue weighted by atomic mass is 32.2. The molecule has 1 unspecified atom stereocenters. The van der Waals surface area contributed by atoms with Crippen molar-refractivity contribution < 1.29 is 24.4 Å². The number of carbonyl (C=O) groups excluding carboxylic acids is 2. The molecule has 10 nitrogen and oxygen atoms in total.